The second kappa shape index (κ2) is 22.8. The van der Waals surface area contributed by atoms with E-state index in [4.69, 9.17) is 21.2 Å². The fraction of sp³-hybridized carbons (Fsp3) is 0.385. The summed E-state index contributed by atoms with van der Waals surface area (Å²) in [5, 5.41) is 12.1. The molecule has 2 saturated heterocycles. The molecule has 8 rings (SSSR count). The van der Waals surface area contributed by atoms with Gasteiger partial charge in [-0.05, 0) is 76.8 Å². The van der Waals surface area contributed by atoms with Gasteiger partial charge in [0.05, 0.1) is 0 Å². The Morgan fingerprint density at radius 2 is 0.982 bits per heavy atom. The van der Waals surface area contributed by atoms with Gasteiger partial charge in [-0.25, -0.2) is 0 Å². The summed E-state index contributed by atoms with van der Waals surface area (Å²) in [4.78, 5) is 0. The average Bonchev–Trinajstić information content (AvgIpc) is 4.03. The molecule has 0 bridgehead atoms. The van der Waals surface area contributed by atoms with Gasteiger partial charge >= 0.3 is 23.1 Å². The van der Waals surface area contributed by atoms with Crippen molar-refractivity contribution in [1.29, 1.82) is 0 Å². The molecule has 2 aliphatic heterocycles. The zero-order chi connectivity index (χ0) is 40.0. The third-order valence-corrected chi connectivity index (χ3v) is 10.4. The molecule has 0 radical (unpaired) electrons. The van der Waals surface area contributed by atoms with Crippen LogP contribution in [0.2, 0.25) is 0 Å². The van der Waals surface area contributed by atoms with E-state index >= 15 is 0 Å². The molecule has 0 saturated carbocycles. The van der Waals surface area contributed by atoms with Crippen LogP contribution >= 0.6 is 0 Å². The van der Waals surface area contributed by atoms with Gasteiger partial charge in [0.1, 0.15) is 0 Å². The first-order valence-electron chi connectivity index (χ1n) is 20.8. The van der Waals surface area contributed by atoms with Crippen LogP contribution in [0.5, 0.6) is 0 Å². The van der Waals surface area contributed by atoms with E-state index in [9.17, 15) is 0 Å². The largest absolute Gasteiger partial charge is 2.00 e. The summed E-state index contributed by atoms with van der Waals surface area (Å²) in [6.07, 6.45) is 11.8. The van der Waals surface area contributed by atoms with Crippen LogP contribution in [-0.2, 0) is 9.47 Å². The van der Waals surface area contributed by atoms with E-state index < -0.39 is 0 Å². The Morgan fingerprint density at radius 3 is 1.39 bits per heavy atom. The molecule has 0 aromatic heterocycles. The molecule has 5 aromatic carbocycles. The molecule has 4 nitrogen and oxygen atoms in total. The van der Waals surface area contributed by atoms with Gasteiger partial charge in [0.15, 0.2) is 0 Å². The van der Waals surface area contributed by atoms with E-state index in [0.717, 1.165) is 49.1 Å². The summed E-state index contributed by atoms with van der Waals surface area (Å²) in [6, 6.07) is 36.0. The molecule has 3 aliphatic rings. The number of nitrogens with one attached hydrogen (secondary N) is 1. The topological polar surface area (TPSA) is 44.6 Å². The standard InChI is InChI=1S/C36H41N2.C8H5.2C4H8O.Mg/c1-21(2)26-15-11-16-27(22(3)4)33(26)37-35-30-19-9-13-25-14-10-20-31(32(25)30)36(35)38-34-28(23(5)6)17-12-18-29(34)24(7)8;1-2-8-6-4-3-5-7-8;2*1-2-4-5-3-1;/h9-24,37H,1-8H3;3-7H;2*1-4H2;/q2*-1;;;+2. The van der Waals surface area contributed by atoms with Crippen LogP contribution in [0, 0.1) is 12.3 Å². The molecule has 0 spiro atoms. The molecule has 5 aromatic rings. The van der Waals surface area contributed by atoms with Crippen molar-refractivity contribution in [2.24, 2.45) is 0 Å². The smallest absolute Gasteiger partial charge is 0.655 e. The molecular formula is C52H62MgN2O2. The van der Waals surface area contributed by atoms with Gasteiger partial charge < -0.3 is 26.5 Å². The van der Waals surface area contributed by atoms with Crippen LogP contribution in [0.3, 0.4) is 0 Å². The molecule has 5 heteroatoms. The first-order valence-corrected chi connectivity index (χ1v) is 20.8. The Hall–Kier alpha value is -4.05. The minimum Gasteiger partial charge on any atom is -0.655 e. The molecule has 0 amide bonds. The molecule has 0 atom stereocenters. The molecule has 294 valence electrons. The zero-order valence-electron chi connectivity index (χ0n) is 35.8. The number of nitrogens with zero attached hydrogens (tertiary/aromatic N) is 1. The maximum Gasteiger partial charge on any atom is 2.00 e. The Morgan fingerprint density at radius 1 is 0.544 bits per heavy atom. The van der Waals surface area contributed by atoms with E-state index in [1.54, 1.807) is 0 Å². The van der Waals surface area contributed by atoms with Crippen LogP contribution in [0.1, 0.15) is 144 Å². The Kier molecular flexibility index (Phi) is 18.2. The number of hydrogen-bond donors (Lipinski definition) is 1. The van der Waals surface area contributed by atoms with Gasteiger partial charge in [-0.15, -0.1) is 29.1 Å². The second-order valence-electron chi connectivity index (χ2n) is 16.0. The van der Waals surface area contributed by atoms with Gasteiger partial charge in [-0.1, -0.05) is 158 Å². The molecule has 2 heterocycles. The minimum absolute atomic E-state index is 0. The molecule has 2 fully saturated rings. The van der Waals surface area contributed by atoms with Crippen LogP contribution < -0.4 is 5.32 Å². The number of rotatable bonds is 8. The van der Waals surface area contributed by atoms with E-state index in [1.807, 2.05) is 30.3 Å². The second-order valence-corrected chi connectivity index (χ2v) is 16.0. The summed E-state index contributed by atoms with van der Waals surface area (Å²) >= 11 is 0. The monoisotopic (exact) mass is 770 g/mol. The summed E-state index contributed by atoms with van der Waals surface area (Å²) in [5.41, 5.74) is 13.1. The Balaban J connectivity index is 0.000000308. The number of hydrogen-bond acceptors (Lipinski definition) is 3. The molecular weight excluding hydrogens is 709 g/mol. The quantitative estimate of drug-likeness (QED) is 0.0971. The van der Waals surface area contributed by atoms with Crippen LogP contribution in [0.15, 0.2) is 103 Å². The third kappa shape index (κ3) is 12.0. The average molecular weight is 771 g/mol. The van der Waals surface area contributed by atoms with Crippen LogP contribution in [0.4, 0.5) is 11.4 Å². The number of anilines is 1. The molecule has 1 aliphatic carbocycles. The number of ether oxygens (including phenoxy) is 2. The summed E-state index contributed by atoms with van der Waals surface area (Å²) in [6.45, 7) is 22.2. The van der Waals surface area contributed by atoms with Gasteiger partial charge in [0.2, 0.25) is 0 Å². The predicted molar refractivity (Wildman–Crippen MR) is 245 cm³/mol. The molecule has 1 N–H and O–H groups in total. The van der Waals surface area contributed by atoms with Crippen molar-refractivity contribution in [3.05, 3.63) is 154 Å². The van der Waals surface area contributed by atoms with Crippen molar-refractivity contribution < 1.29 is 9.47 Å². The van der Waals surface area contributed by atoms with E-state index in [1.165, 1.54) is 75.5 Å². The van der Waals surface area contributed by atoms with Crippen LogP contribution in [-0.4, -0.2) is 49.5 Å². The van der Waals surface area contributed by atoms with Crippen molar-refractivity contribution in [2.45, 2.75) is 105 Å². The van der Waals surface area contributed by atoms with Crippen LogP contribution in [0.25, 0.3) is 27.5 Å². The fourth-order valence-corrected chi connectivity index (χ4v) is 7.37. The fourth-order valence-electron chi connectivity index (χ4n) is 7.37. The van der Waals surface area contributed by atoms with E-state index in [0.29, 0.717) is 23.7 Å². The molecule has 0 unspecified atom stereocenters. The Labute approximate surface area is 360 Å². The van der Waals surface area contributed by atoms with E-state index in [-0.39, 0.29) is 23.1 Å². The number of para-hydroxylation sites is 2. The van der Waals surface area contributed by atoms with Crippen molar-refractivity contribution >= 4 is 56.6 Å². The van der Waals surface area contributed by atoms with Crippen molar-refractivity contribution in [2.75, 3.05) is 31.7 Å². The van der Waals surface area contributed by atoms with E-state index in [2.05, 4.69) is 139 Å². The van der Waals surface area contributed by atoms with Crippen molar-refractivity contribution in [3.8, 4) is 5.92 Å². The van der Waals surface area contributed by atoms with Gasteiger partial charge in [0, 0.05) is 43.4 Å². The van der Waals surface area contributed by atoms with Crippen molar-refractivity contribution in [1.82, 2.24) is 0 Å². The summed E-state index contributed by atoms with van der Waals surface area (Å²) in [7, 11) is 0. The summed E-state index contributed by atoms with van der Waals surface area (Å²) in [5.74, 6) is 3.87. The number of benzene rings is 5. The maximum atomic E-state index is 6.69. The minimum atomic E-state index is 0. The van der Waals surface area contributed by atoms with Gasteiger partial charge in [0.25, 0.3) is 0 Å². The molecule has 57 heavy (non-hydrogen) atoms. The normalized spacial score (nSPS) is 14.0. The SMILES string of the molecule is C1CCOC1.C1CCOC1.CC(C)c1cccc(C(C)C)c1[N-]C1=C(Nc2c(C(C)C)cccc2C(C)C)c2cccc3cccc1c23.[C-]#Cc1ccccc1.[Mg+2]. The van der Waals surface area contributed by atoms with Gasteiger partial charge in [-0.2, -0.15) is 0 Å². The zero-order valence-corrected chi connectivity index (χ0v) is 37.2. The predicted octanol–water partition coefficient (Wildman–Crippen LogP) is 14.1. The maximum absolute atomic E-state index is 6.69. The first kappa shape index (κ1) is 45.6. The van der Waals surface area contributed by atoms with Gasteiger partial charge in [-0.3, -0.25) is 5.92 Å². The van der Waals surface area contributed by atoms with Crippen molar-refractivity contribution in [3.63, 3.8) is 0 Å². The third-order valence-electron chi connectivity index (χ3n) is 10.4. The Bertz CT molecular complexity index is 1900. The summed E-state index contributed by atoms with van der Waals surface area (Å²) < 4.78 is 9.89. The first-order chi connectivity index (χ1) is 27.1.